The highest BCUT2D eigenvalue weighted by Crippen LogP contribution is 2.06. The van der Waals surface area contributed by atoms with Gasteiger partial charge < -0.3 is 5.32 Å². The third kappa shape index (κ3) is 2.99. The first-order valence-electron chi connectivity index (χ1n) is 4.41. The molecule has 1 aromatic rings. The first-order valence-corrected chi connectivity index (χ1v) is 4.41. The van der Waals surface area contributed by atoms with Gasteiger partial charge in [-0.25, -0.2) is 5.10 Å². The molecule has 2 N–H and O–H groups in total. The van der Waals surface area contributed by atoms with Crippen LogP contribution in [0.3, 0.4) is 0 Å². The summed E-state index contributed by atoms with van der Waals surface area (Å²) in [5.74, 6) is 0. The minimum Gasteiger partial charge on any atom is -0.307 e. The second-order valence-corrected chi connectivity index (χ2v) is 3.39. The maximum atomic E-state index is 10.7. The van der Waals surface area contributed by atoms with Crippen molar-refractivity contribution in [3.8, 4) is 0 Å². The normalized spacial score (nSPS) is 13.2. The molecule has 4 heteroatoms. The van der Waals surface area contributed by atoms with Gasteiger partial charge in [-0.15, -0.1) is 0 Å². The second kappa shape index (κ2) is 4.18. The molecule has 1 unspecified atom stereocenters. The van der Waals surface area contributed by atoms with E-state index in [4.69, 9.17) is 0 Å². The van der Waals surface area contributed by atoms with Gasteiger partial charge in [-0.3, -0.25) is 4.79 Å². The van der Waals surface area contributed by atoms with Crippen LogP contribution in [0.1, 0.15) is 32.5 Å². The fourth-order valence-corrected chi connectivity index (χ4v) is 1.18. The third-order valence-electron chi connectivity index (χ3n) is 1.73. The zero-order chi connectivity index (χ0) is 9.84. The quantitative estimate of drug-likeness (QED) is 0.726. The van der Waals surface area contributed by atoms with Crippen molar-refractivity contribution in [1.82, 2.24) is 15.5 Å². The minimum absolute atomic E-state index is 0.164. The van der Waals surface area contributed by atoms with Gasteiger partial charge in [0.15, 0.2) is 0 Å². The zero-order valence-electron chi connectivity index (χ0n) is 8.16. The van der Waals surface area contributed by atoms with Crippen LogP contribution in [0.25, 0.3) is 0 Å². The second-order valence-electron chi connectivity index (χ2n) is 3.39. The summed E-state index contributed by atoms with van der Waals surface area (Å²) in [6.07, 6.45) is 0. The summed E-state index contributed by atoms with van der Waals surface area (Å²) < 4.78 is 0. The smallest absolute Gasteiger partial charge is 0.264 e. The number of rotatable bonds is 3. The van der Waals surface area contributed by atoms with Gasteiger partial charge in [-0.2, -0.15) is 5.10 Å². The van der Waals surface area contributed by atoms with Gasteiger partial charge in [0, 0.05) is 18.2 Å². The molecule has 0 aromatic carbocycles. The van der Waals surface area contributed by atoms with E-state index in [2.05, 4.69) is 29.4 Å². The highest BCUT2D eigenvalue weighted by molar-refractivity contribution is 5.04. The highest BCUT2D eigenvalue weighted by Gasteiger charge is 2.07. The van der Waals surface area contributed by atoms with Crippen LogP contribution in [0.4, 0.5) is 0 Å². The van der Waals surface area contributed by atoms with E-state index in [1.165, 1.54) is 6.07 Å². The van der Waals surface area contributed by atoms with Gasteiger partial charge in [0.1, 0.15) is 0 Å². The van der Waals surface area contributed by atoms with E-state index in [0.717, 1.165) is 5.69 Å². The number of H-pyrrole nitrogens is 1. The van der Waals surface area contributed by atoms with Crippen molar-refractivity contribution in [2.45, 2.75) is 32.9 Å². The Morgan fingerprint density at radius 2 is 2.08 bits per heavy atom. The molecule has 1 heterocycles. The number of aromatic amines is 1. The van der Waals surface area contributed by atoms with Crippen LogP contribution >= 0.6 is 0 Å². The van der Waals surface area contributed by atoms with E-state index in [1.807, 2.05) is 6.92 Å². The lowest BCUT2D eigenvalue weighted by molar-refractivity contribution is 0.493. The van der Waals surface area contributed by atoms with Crippen LogP contribution in [0.2, 0.25) is 0 Å². The molecule has 0 spiro atoms. The van der Waals surface area contributed by atoms with E-state index < -0.39 is 0 Å². The van der Waals surface area contributed by atoms with Gasteiger partial charge in [0.05, 0.1) is 5.69 Å². The summed E-state index contributed by atoms with van der Waals surface area (Å²) >= 11 is 0. The minimum atomic E-state index is -0.166. The van der Waals surface area contributed by atoms with Crippen molar-refractivity contribution in [2.24, 2.45) is 0 Å². The molecule has 1 aromatic heterocycles. The van der Waals surface area contributed by atoms with Crippen molar-refractivity contribution in [1.29, 1.82) is 0 Å². The van der Waals surface area contributed by atoms with Crippen molar-refractivity contribution in [3.63, 3.8) is 0 Å². The molecule has 1 atom stereocenters. The Morgan fingerprint density at radius 1 is 1.38 bits per heavy atom. The first kappa shape index (κ1) is 9.92. The van der Waals surface area contributed by atoms with Crippen molar-refractivity contribution < 1.29 is 0 Å². The number of aromatic nitrogens is 2. The Morgan fingerprint density at radius 3 is 2.54 bits per heavy atom. The van der Waals surface area contributed by atoms with Crippen LogP contribution in [-0.4, -0.2) is 16.2 Å². The van der Waals surface area contributed by atoms with E-state index in [0.29, 0.717) is 6.04 Å². The average molecular weight is 181 g/mol. The van der Waals surface area contributed by atoms with Crippen LogP contribution in [-0.2, 0) is 0 Å². The molecule has 0 aliphatic carbocycles. The number of hydrogen-bond acceptors (Lipinski definition) is 3. The lowest BCUT2D eigenvalue weighted by Gasteiger charge is -2.15. The molecule has 0 bridgehead atoms. The van der Waals surface area contributed by atoms with E-state index in [9.17, 15) is 4.79 Å². The zero-order valence-corrected chi connectivity index (χ0v) is 8.16. The fraction of sp³-hybridized carbons (Fsp3) is 0.556. The topological polar surface area (TPSA) is 57.8 Å². The van der Waals surface area contributed by atoms with Gasteiger partial charge in [-0.05, 0) is 13.0 Å². The van der Waals surface area contributed by atoms with Crippen LogP contribution in [0.15, 0.2) is 16.9 Å². The van der Waals surface area contributed by atoms with Gasteiger partial charge >= 0.3 is 0 Å². The third-order valence-corrected chi connectivity index (χ3v) is 1.73. The molecule has 13 heavy (non-hydrogen) atoms. The van der Waals surface area contributed by atoms with Gasteiger partial charge in [0.2, 0.25) is 0 Å². The fourth-order valence-electron chi connectivity index (χ4n) is 1.18. The van der Waals surface area contributed by atoms with Crippen molar-refractivity contribution in [3.05, 3.63) is 28.2 Å². The SMILES string of the molecule is CC(C)NC(C)c1ccc(=O)[nH]n1. The number of nitrogens with zero attached hydrogens (tertiary/aromatic N) is 1. The number of hydrogen-bond donors (Lipinski definition) is 2. The molecule has 1 rings (SSSR count). The van der Waals surface area contributed by atoms with Crippen LogP contribution in [0, 0.1) is 0 Å². The summed E-state index contributed by atoms with van der Waals surface area (Å²) in [5.41, 5.74) is 0.689. The first-order chi connectivity index (χ1) is 6.09. The van der Waals surface area contributed by atoms with E-state index >= 15 is 0 Å². The lowest BCUT2D eigenvalue weighted by atomic mass is 10.2. The van der Waals surface area contributed by atoms with Gasteiger partial charge in [0.25, 0.3) is 5.56 Å². The predicted octanol–water partition coefficient (Wildman–Crippen LogP) is 0.829. The Balaban J connectivity index is 2.71. The Labute approximate surface area is 77.4 Å². The van der Waals surface area contributed by atoms with Crippen LogP contribution < -0.4 is 10.9 Å². The van der Waals surface area contributed by atoms with Crippen molar-refractivity contribution in [2.75, 3.05) is 0 Å². The molecular formula is C9H15N3O. The molecule has 0 fully saturated rings. The predicted molar refractivity (Wildman–Crippen MR) is 51.5 cm³/mol. The molecular weight excluding hydrogens is 166 g/mol. The summed E-state index contributed by atoms with van der Waals surface area (Å²) in [6.45, 7) is 6.16. The Bertz CT molecular complexity index is 298. The maximum absolute atomic E-state index is 10.7. The summed E-state index contributed by atoms with van der Waals surface area (Å²) in [4.78, 5) is 10.7. The summed E-state index contributed by atoms with van der Waals surface area (Å²) in [7, 11) is 0. The maximum Gasteiger partial charge on any atom is 0.264 e. The molecule has 0 aliphatic rings. The Hall–Kier alpha value is -1.16. The standard InChI is InChI=1S/C9H15N3O/c1-6(2)10-7(3)8-4-5-9(13)12-11-8/h4-7,10H,1-3H3,(H,12,13). The highest BCUT2D eigenvalue weighted by atomic mass is 16.1. The molecule has 0 radical (unpaired) electrons. The largest absolute Gasteiger partial charge is 0.307 e. The number of nitrogens with one attached hydrogen (secondary N) is 2. The molecule has 0 aliphatic heterocycles. The van der Waals surface area contributed by atoms with Crippen LogP contribution in [0.5, 0.6) is 0 Å². The molecule has 72 valence electrons. The summed E-state index contributed by atoms with van der Waals surface area (Å²) in [6, 6.07) is 3.79. The molecule has 0 amide bonds. The van der Waals surface area contributed by atoms with E-state index in [1.54, 1.807) is 6.07 Å². The molecule has 0 saturated heterocycles. The monoisotopic (exact) mass is 181 g/mol. The molecule has 0 saturated carbocycles. The van der Waals surface area contributed by atoms with Gasteiger partial charge in [-0.1, -0.05) is 13.8 Å². The Kier molecular flexibility index (Phi) is 3.19. The van der Waals surface area contributed by atoms with Crippen molar-refractivity contribution >= 4 is 0 Å². The summed E-state index contributed by atoms with van der Waals surface area (Å²) in [5, 5.41) is 9.63. The molecule has 4 nitrogen and oxygen atoms in total. The average Bonchev–Trinajstić information content (AvgIpc) is 2.04. The lowest BCUT2D eigenvalue weighted by Crippen LogP contribution is -2.27. The van der Waals surface area contributed by atoms with E-state index in [-0.39, 0.29) is 11.6 Å².